The average Bonchev–Trinajstić information content (AvgIpc) is 2.19. The number of hydrogen-bond donors (Lipinski definition) is 1. The van der Waals surface area contributed by atoms with E-state index in [1.165, 1.54) is 12.8 Å². The maximum Gasteiger partial charge on any atom is 0.0637 e. The lowest BCUT2D eigenvalue weighted by atomic mass is 9.94. The zero-order valence-electron chi connectivity index (χ0n) is 8.50. The van der Waals surface area contributed by atoms with E-state index in [4.69, 9.17) is 15.2 Å². The molecular formula is C10H21NO2. The second-order valence-corrected chi connectivity index (χ2v) is 3.55. The summed E-state index contributed by atoms with van der Waals surface area (Å²) in [5.41, 5.74) is 5.55. The van der Waals surface area contributed by atoms with E-state index in [1.54, 1.807) is 0 Å². The van der Waals surface area contributed by atoms with Crippen molar-refractivity contribution in [1.29, 1.82) is 0 Å². The quantitative estimate of drug-likeness (QED) is 0.702. The molecule has 0 bridgehead atoms. The molecule has 1 aliphatic heterocycles. The van der Waals surface area contributed by atoms with Gasteiger partial charge >= 0.3 is 0 Å². The van der Waals surface area contributed by atoms with Crippen LogP contribution in [0.2, 0.25) is 0 Å². The number of nitrogens with two attached hydrogens (primary N) is 1. The molecule has 1 fully saturated rings. The second kappa shape index (κ2) is 6.35. The van der Waals surface area contributed by atoms with Gasteiger partial charge in [-0.1, -0.05) is 0 Å². The molecule has 1 heterocycles. The molecule has 0 aromatic carbocycles. The molecule has 0 aliphatic carbocycles. The van der Waals surface area contributed by atoms with E-state index in [1.807, 2.05) is 6.92 Å². The third kappa shape index (κ3) is 3.63. The summed E-state index contributed by atoms with van der Waals surface area (Å²) in [5.74, 6) is 0.567. The van der Waals surface area contributed by atoms with Crippen molar-refractivity contribution in [2.75, 3.05) is 26.4 Å². The molecule has 0 radical (unpaired) electrons. The van der Waals surface area contributed by atoms with E-state index in [0.29, 0.717) is 18.6 Å². The Labute approximate surface area is 80.6 Å². The van der Waals surface area contributed by atoms with Crippen molar-refractivity contribution in [2.45, 2.75) is 32.3 Å². The first kappa shape index (κ1) is 11.0. The van der Waals surface area contributed by atoms with Crippen LogP contribution in [0.3, 0.4) is 0 Å². The first-order chi connectivity index (χ1) is 6.38. The van der Waals surface area contributed by atoms with Crippen molar-refractivity contribution in [3.05, 3.63) is 0 Å². The highest BCUT2D eigenvalue weighted by atomic mass is 16.5. The first-order valence-electron chi connectivity index (χ1n) is 5.28. The first-order valence-corrected chi connectivity index (χ1v) is 5.28. The molecule has 2 unspecified atom stereocenters. The Kier molecular flexibility index (Phi) is 5.35. The van der Waals surface area contributed by atoms with Gasteiger partial charge in [0.2, 0.25) is 0 Å². The van der Waals surface area contributed by atoms with Crippen LogP contribution in [0, 0.1) is 5.92 Å². The van der Waals surface area contributed by atoms with Gasteiger partial charge in [-0.05, 0) is 32.7 Å². The Morgan fingerprint density at radius 2 is 2.46 bits per heavy atom. The molecule has 0 aromatic heterocycles. The minimum Gasteiger partial charge on any atom is -0.381 e. The summed E-state index contributed by atoms with van der Waals surface area (Å²) in [4.78, 5) is 0. The highest BCUT2D eigenvalue weighted by Gasteiger charge is 2.23. The van der Waals surface area contributed by atoms with Gasteiger partial charge in [0, 0.05) is 19.1 Å². The predicted octanol–water partition coefficient (Wildman–Crippen LogP) is 1.17. The van der Waals surface area contributed by atoms with Gasteiger partial charge in [0.25, 0.3) is 0 Å². The number of rotatable bonds is 5. The van der Waals surface area contributed by atoms with Gasteiger partial charge in [-0.15, -0.1) is 0 Å². The van der Waals surface area contributed by atoms with Crippen LogP contribution in [0.15, 0.2) is 0 Å². The van der Waals surface area contributed by atoms with Crippen LogP contribution in [0.1, 0.15) is 26.2 Å². The van der Waals surface area contributed by atoms with Gasteiger partial charge in [0.05, 0.1) is 12.7 Å². The highest BCUT2D eigenvalue weighted by Crippen LogP contribution is 2.21. The summed E-state index contributed by atoms with van der Waals surface area (Å²) in [5, 5.41) is 0. The zero-order chi connectivity index (χ0) is 9.52. The monoisotopic (exact) mass is 187 g/mol. The van der Waals surface area contributed by atoms with Crippen molar-refractivity contribution in [1.82, 2.24) is 0 Å². The van der Waals surface area contributed by atoms with E-state index in [2.05, 4.69) is 0 Å². The fourth-order valence-electron chi connectivity index (χ4n) is 1.89. The minimum atomic E-state index is 0.315. The Balaban J connectivity index is 2.32. The SMILES string of the molecule is CCOC(CCN)C1CCCOC1. The van der Waals surface area contributed by atoms with E-state index < -0.39 is 0 Å². The largest absolute Gasteiger partial charge is 0.381 e. The lowest BCUT2D eigenvalue weighted by molar-refractivity contribution is -0.0454. The highest BCUT2D eigenvalue weighted by molar-refractivity contribution is 4.73. The summed E-state index contributed by atoms with van der Waals surface area (Å²) in [7, 11) is 0. The maximum atomic E-state index is 5.66. The standard InChI is InChI=1S/C10H21NO2/c1-2-13-10(5-6-11)9-4-3-7-12-8-9/h9-10H,2-8,11H2,1H3. The van der Waals surface area contributed by atoms with E-state index in [9.17, 15) is 0 Å². The van der Waals surface area contributed by atoms with Crippen LogP contribution < -0.4 is 5.73 Å². The van der Waals surface area contributed by atoms with Crippen molar-refractivity contribution in [3.8, 4) is 0 Å². The zero-order valence-corrected chi connectivity index (χ0v) is 8.50. The number of ether oxygens (including phenoxy) is 2. The van der Waals surface area contributed by atoms with Gasteiger partial charge in [0.1, 0.15) is 0 Å². The molecule has 0 amide bonds. The van der Waals surface area contributed by atoms with E-state index >= 15 is 0 Å². The van der Waals surface area contributed by atoms with Crippen molar-refractivity contribution >= 4 is 0 Å². The lowest BCUT2D eigenvalue weighted by Crippen LogP contribution is -2.33. The summed E-state index contributed by atoms with van der Waals surface area (Å²) < 4.78 is 11.1. The third-order valence-electron chi connectivity index (χ3n) is 2.55. The average molecular weight is 187 g/mol. The normalized spacial score (nSPS) is 25.8. The van der Waals surface area contributed by atoms with Crippen LogP contribution in [-0.4, -0.2) is 32.5 Å². The maximum absolute atomic E-state index is 5.66. The van der Waals surface area contributed by atoms with E-state index in [-0.39, 0.29) is 0 Å². The fraction of sp³-hybridized carbons (Fsp3) is 1.00. The number of hydrogen-bond acceptors (Lipinski definition) is 3. The smallest absolute Gasteiger partial charge is 0.0637 e. The molecule has 1 saturated heterocycles. The van der Waals surface area contributed by atoms with Crippen LogP contribution in [0.4, 0.5) is 0 Å². The molecule has 2 N–H and O–H groups in total. The van der Waals surface area contributed by atoms with Gasteiger partial charge in [-0.3, -0.25) is 0 Å². The van der Waals surface area contributed by atoms with Crippen LogP contribution in [-0.2, 0) is 9.47 Å². The second-order valence-electron chi connectivity index (χ2n) is 3.55. The Hall–Kier alpha value is -0.120. The molecule has 0 saturated carbocycles. The minimum absolute atomic E-state index is 0.315. The third-order valence-corrected chi connectivity index (χ3v) is 2.55. The Morgan fingerprint density at radius 1 is 1.62 bits per heavy atom. The molecule has 3 heteroatoms. The molecule has 0 spiro atoms. The Morgan fingerprint density at radius 3 is 3.00 bits per heavy atom. The van der Waals surface area contributed by atoms with Crippen molar-refractivity contribution in [2.24, 2.45) is 11.7 Å². The van der Waals surface area contributed by atoms with Crippen LogP contribution >= 0.6 is 0 Å². The Bertz CT molecular complexity index is 118. The molecule has 1 aliphatic rings. The van der Waals surface area contributed by atoms with Gasteiger partial charge in [-0.25, -0.2) is 0 Å². The molecular weight excluding hydrogens is 166 g/mol. The van der Waals surface area contributed by atoms with Crippen molar-refractivity contribution in [3.63, 3.8) is 0 Å². The fourth-order valence-corrected chi connectivity index (χ4v) is 1.89. The molecule has 2 atom stereocenters. The summed E-state index contributed by atoms with van der Waals surface area (Å²) in [6.45, 7) is 5.29. The van der Waals surface area contributed by atoms with Crippen LogP contribution in [0.5, 0.6) is 0 Å². The topological polar surface area (TPSA) is 44.5 Å². The van der Waals surface area contributed by atoms with E-state index in [0.717, 1.165) is 26.2 Å². The predicted molar refractivity (Wildman–Crippen MR) is 52.6 cm³/mol. The van der Waals surface area contributed by atoms with Gasteiger partial charge in [-0.2, -0.15) is 0 Å². The lowest BCUT2D eigenvalue weighted by Gasteiger charge is -2.29. The van der Waals surface area contributed by atoms with Gasteiger partial charge in [0.15, 0.2) is 0 Å². The van der Waals surface area contributed by atoms with Gasteiger partial charge < -0.3 is 15.2 Å². The van der Waals surface area contributed by atoms with Crippen LogP contribution in [0.25, 0.3) is 0 Å². The molecule has 78 valence electrons. The summed E-state index contributed by atoms with van der Waals surface area (Å²) in [6.07, 6.45) is 3.67. The molecule has 3 nitrogen and oxygen atoms in total. The molecule has 1 rings (SSSR count). The molecule has 0 aromatic rings. The summed E-state index contributed by atoms with van der Waals surface area (Å²) in [6, 6.07) is 0. The molecule has 13 heavy (non-hydrogen) atoms. The van der Waals surface area contributed by atoms with Crippen molar-refractivity contribution < 1.29 is 9.47 Å². The summed E-state index contributed by atoms with van der Waals surface area (Å²) >= 11 is 0.